The Hall–Kier alpha value is -0.730. The van der Waals surface area contributed by atoms with Gasteiger partial charge in [0, 0.05) is 6.04 Å². The van der Waals surface area contributed by atoms with Crippen molar-refractivity contribution >= 4 is 11.6 Å². The molecular weight excluding hydrogens is 174 g/mol. The first kappa shape index (κ1) is 9.36. The van der Waals surface area contributed by atoms with Crippen LogP contribution in [-0.2, 0) is 0 Å². The molecule has 66 valence electrons. The molecule has 0 saturated carbocycles. The van der Waals surface area contributed by atoms with Crippen molar-refractivity contribution in [2.24, 2.45) is 5.73 Å². The highest BCUT2D eigenvalue weighted by atomic mass is 35.5. The van der Waals surface area contributed by atoms with E-state index in [0.29, 0.717) is 17.4 Å². The normalized spacial score (nSPS) is 12.6. The zero-order valence-corrected chi connectivity index (χ0v) is 7.71. The molecule has 0 aliphatic rings. The number of benzene rings is 1. The second kappa shape index (κ2) is 4.33. The van der Waals surface area contributed by atoms with Crippen LogP contribution in [0.4, 0.5) is 0 Å². The molecule has 3 heteroatoms. The summed E-state index contributed by atoms with van der Waals surface area (Å²) >= 11 is 5.84. The van der Waals surface area contributed by atoms with Crippen LogP contribution >= 0.6 is 11.6 Å². The van der Waals surface area contributed by atoms with Crippen molar-refractivity contribution in [3.8, 4) is 5.75 Å². The number of halogens is 1. The van der Waals surface area contributed by atoms with Gasteiger partial charge in [-0.2, -0.15) is 0 Å². The Morgan fingerprint density at radius 1 is 1.50 bits per heavy atom. The number of para-hydroxylation sites is 1. The fourth-order valence-electron chi connectivity index (χ4n) is 0.783. The van der Waals surface area contributed by atoms with Crippen molar-refractivity contribution in [3.05, 3.63) is 29.3 Å². The molecule has 0 saturated heterocycles. The van der Waals surface area contributed by atoms with Gasteiger partial charge in [0.05, 0.1) is 5.02 Å². The molecule has 0 aliphatic heterocycles. The van der Waals surface area contributed by atoms with Crippen LogP contribution < -0.4 is 10.5 Å². The Balaban J connectivity index is 2.57. The summed E-state index contributed by atoms with van der Waals surface area (Å²) in [5, 5.41) is 0.623. The van der Waals surface area contributed by atoms with E-state index in [4.69, 9.17) is 22.1 Å². The van der Waals surface area contributed by atoms with Crippen molar-refractivity contribution in [1.82, 2.24) is 0 Å². The Morgan fingerprint density at radius 2 is 2.17 bits per heavy atom. The highest BCUT2D eigenvalue weighted by Crippen LogP contribution is 2.22. The maximum atomic E-state index is 5.84. The van der Waals surface area contributed by atoms with Crippen LogP contribution in [0.15, 0.2) is 24.3 Å². The summed E-state index contributed by atoms with van der Waals surface area (Å²) in [6.07, 6.45) is 0. The highest BCUT2D eigenvalue weighted by Gasteiger charge is 2.00. The first-order valence-corrected chi connectivity index (χ1v) is 4.21. The van der Waals surface area contributed by atoms with E-state index in [2.05, 4.69) is 0 Å². The molecular formula is C9H12ClNO. The van der Waals surface area contributed by atoms with Gasteiger partial charge in [-0.3, -0.25) is 0 Å². The Morgan fingerprint density at radius 3 is 2.75 bits per heavy atom. The van der Waals surface area contributed by atoms with Crippen molar-refractivity contribution < 1.29 is 4.74 Å². The molecule has 0 spiro atoms. The first-order chi connectivity index (χ1) is 5.70. The maximum absolute atomic E-state index is 5.84. The van der Waals surface area contributed by atoms with Crippen molar-refractivity contribution in [3.63, 3.8) is 0 Å². The van der Waals surface area contributed by atoms with Gasteiger partial charge in [0.15, 0.2) is 0 Å². The topological polar surface area (TPSA) is 35.2 Å². The quantitative estimate of drug-likeness (QED) is 0.783. The van der Waals surface area contributed by atoms with Gasteiger partial charge in [-0.05, 0) is 19.1 Å². The molecule has 2 N–H and O–H groups in total. The fraction of sp³-hybridized carbons (Fsp3) is 0.333. The number of rotatable bonds is 3. The van der Waals surface area contributed by atoms with E-state index in [9.17, 15) is 0 Å². The van der Waals surface area contributed by atoms with E-state index in [1.54, 1.807) is 6.07 Å². The summed E-state index contributed by atoms with van der Waals surface area (Å²) in [6.45, 7) is 2.38. The van der Waals surface area contributed by atoms with Crippen LogP contribution in [-0.4, -0.2) is 12.6 Å². The smallest absolute Gasteiger partial charge is 0.137 e. The lowest BCUT2D eigenvalue weighted by Gasteiger charge is -2.09. The summed E-state index contributed by atoms with van der Waals surface area (Å²) in [6, 6.07) is 7.38. The molecule has 12 heavy (non-hydrogen) atoms. The number of hydrogen-bond acceptors (Lipinski definition) is 2. The average Bonchev–Trinajstić information content (AvgIpc) is 2.03. The van der Waals surface area contributed by atoms with Gasteiger partial charge in [0.1, 0.15) is 12.4 Å². The molecule has 0 bridgehead atoms. The minimum Gasteiger partial charge on any atom is -0.490 e. The van der Waals surface area contributed by atoms with Crippen LogP contribution in [0.25, 0.3) is 0 Å². The number of nitrogens with two attached hydrogens (primary N) is 1. The molecule has 1 unspecified atom stereocenters. The second-order valence-electron chi connectivity index (χ2n) is 2.72. The second-order valence-corrected chi connectivity index (χ2v) is 3.13. The van der Waals surface area contributed by atoms with E-state index >= 15 is 0 Å². The molecule has 2 nitrogen and oxygen atoms in total. The molecule has 1 rings (SSSR count). The van der Waals surface area contributed by atoms with Crippen LogP contribution in [0.5, 0.6) is 5.75 Å². The molecule has 1 aromatic rings. The molecule has 0 amide bonds. The summed E-state index contributed by atoms with van der Waals surface area (Å²) in [7, 11) is 0. The molecule has 0 aromatic heterocycles. The minimum absolute atomic E-state index is 0.0290. The lowest BCUT2D eigenvalue weighted by atomic mass is 10.3. The summed E-state index contributed by atoms with van der Waals surface area (Å²) in [5.74, 6) is 0.691. The lowest BCUT2D eigenvalue weighted by molar-refractivity contribution is 0.296. The van der Waals surface area contributed by atoms with E-state index in [1.165, 1.54) is 0 Å². The Kier molecular flexibility index (Phi) is 3.38. The van der Waals surface area contributed by atoms with Gasteiger partial charge >= 0.3 is 0 Å². The number of ether oxygens (including phenoxy) is 1. The molecule has 0 radical (unpaired) electrons. The predicted molar refractivity (Wildman–Crippen MR) is 50.6 cm³/mol. The maximum Gasteiger partial charge on any atom is 0.137 e. The fourth-order valence-corrected chi connectivity index (χ4v) is 0.973. The van der Waals surface area contributed by atoms with Crippen molar-refractivity contribution in [2.75, 3.05) is 6.61 Å². The standard InChI is InChI=1S/C9H12ClNO/c1-7(11)6-12-9-5-3-2-4-8(9)10/h2-5,7H,6,11H2,1H3. The predicted octanol–water partition coefficient (Wildman–Crippen LogP) is 2.07. The first-order valence-electron chi connectivity index (χ1n) is 3.83. The van der Waals surface area contributed by atoms with Crippen LogP contribution in [0.1, 0.15) is 6.92 Å². The third kappa shape index (κ3) is 2.72. The van der Waals surface area contributed by atoms with Crippen molar-refractivity contribution in [1.29, 1.82) is 0 Å². The van der Waals surface area contributed by atoms with Gasteiger partial charge in [-0.25, -0.2) is 0 Å². The highest BCUT2D eigenvalue weighted by molar-refractivity contribution is 6.32. The van der Waals surface area contributed by atoms with E-state index < -0.39 is 0 Å². The SMILES string of the molecule is CC(N)COc1ccccc1Cl. The van der Waals surface area contributed by atoms with E-state index in [1.807, 2.05) is 25.1 Å². The van der Waals surface area contributed by atoms with Gasteiger partial charge in [-0.1, -0.05) is 23.7 Å². The number of hydrogen-bond donors (Lipinski definition) is 1. The zero-order valence-electron chi connectivity index (χ0n) is 6.96. The van der Waals surface area contributed by atoms with Gasteiger partial charge in [-0.15, -0.1) is 0 Å². The molecule has 1 atom stereocenters. The summed E-state index contributed by atoms with van der Waals surface area (Å²) in [5.41, 5.74) is 5.52. The van der Waals surface area contributed by atoms with Crippen LogP contribution in [0.3, 0.4) is 0 Å². The zero-order chi connectivity index (χ0) is 8.97. The van der Waals surface area contributed by atoms with E-state index in [0.717, 1.165) is 0 Å². The van der Waals surface area contributed by atoms with E-state index in [-0.39, 0.29) is 6.04 Å². The lowest BCUT2D eigenvalue weighted by Crippen LogP contribution is -2.23. The molecule has 1 aromatic carbocycles. The largest absolute Gasteiger partial charge is 0.490 e. The monoisotopic (exact) mass is 185 g/mol. The van der Waals surface area contributed by atoms with Crippen LogP contribution in [0.2, 0.25) is 5.02 Å². The van der Waals surface area contributed by atoms with Crippen LogP contribution in [0, 0.1) is 0 Å². The van der Waals surface area contributed by atoms with Gasteiger partial charge < -0.3 is 10.5 Å². The molecule has 0 aliphatic carbocycles. The molecule has 0 heterocycles. The Bertz CT molecular complexity index is 250. The van der Waals surface area contributed by atoms with Gasteiger partial charge in [0.25, 0.3) is 0 Å². The minimum atomic E-state index is 0.0290. The van der Waals surface area contributed by atoms with Gasteiger partial charge in [0.2, 0.25) is 0 Å². The summed E-state index contributed by atoms with van der Waals surface area (Å²) in [4.78, 5) is 0. The molecule has 0 fully saturated rings. The third-order valence-electron chi connectivity index (χ3n) is 1.34. The summed E-state index contributed by atoms with van der Waals surface area (Å²) < 4.78 is 5.34. The Labute approximate surface area is 77.3 Å². The average molecular weight is 186 g/mol. The third-order valence-corrected chi connectivity index (χ3v) is 1.65. The van der Waals surface area contributed by atoms with Crippen molar-refractivity contribution in [2.45, 2.75) is 13.0 Å².